The molecule has 1 aliphatic heterocycles. The van der Waals surface area contributed by atoms with Crippen LogP contribution >= 0.6 is 23.1 Å². The Morgan fingerprint density at radius 2 is 1.80 bits per heavy atom. The highest BCUT2D eigenvalue weighted by Crippen LogP contribution is 2.45. The maximum atomic E-state index is 13.7. The van der Waals surface area contributed by atoms with Crippen LogP contribution in [0.15, 0.2) is 94.5 Å². The Balaban J connectivity index is 1.51. The van der Waals surface area contributed by atoms with Crippen LogP contribution in [0.4, 0.5) is 5.13 Å². The maximum absolute atomic E-state index is 13.7. The number of carbonyl (C=O) groups excluding carboxylic acids is 2. The Bertz CT molecular complexity index is 1680. The lowest BCUT2D eigenvalue weighted by atomic mass is 9.95. The molecule has 0 radical (unpaired) electrons. The number of thioether (sulfide) groups is 1. The monoisotopic (exact) mass is 627 g/mol. The van der Waals surface area contributed by atoms with Crippen molar-refractivity contribution in [1.82, 2.24) is 10.2 Å². The van der Waals surface area contributed by atoms with E-state index >= 15 is 0 Å². The molecule has 4 aromatic rings. The highest BCUT2D eigenvalue weighted by Gasteiger charge is 2.45. The summed E-state index contributed by atoms with van der Waals surface area (Å²) < 4.78 is 12.4. The Morgan fingerprint density at radius 3 is 2.52 bits per heavy atom. The van der Waals surface area contributed by atoms with E-state index < -0.39 is 23.5 Å². The fourth-order valence-corrected chi connectivity index (χ4v) is 6.50. The van der Waals surface area contributed by atoms with Crippen molar-refractivity contribution in [3.63, 3.8) is 0 Å². The van der Waals surface area contributed by atoms with Gasteiger partial charge in [-0.05, 0) is 55.2 Å². The normalized spacial score (nSPS) is 14.9. The Morgan fingerprint density at radius 1 is 1.02 bits per heavy atom. The number of hydrogen-bond acceptors (Lipinski definition) is 9. The number of aromatic nitrogens is 2. The Hall–Kier alpha value is -4.41. The van der Waals surface area contributed by atoms with Gasteiger partial charge in [-0.2, -0.15) is 0 Å². The number of ketones is 1. The van der Waals surface area contributed by atoms with E-state index in [9.17, 15) is 14.7 Å². The van der Waals surface area contributed by atoms with Crippen LogP contribution in [0, 0.1) is 6.92 Å². The van der Waals surface area contributed by atoms with Crippen molar-refractivity contribution in [3.05, 3.63) is 112 Å². The number of ether oxygens (including phenoxy) is 2. The van der Waals surface area contributed by atoms with Gasteiger partial charge >= 0.3 is 0 Å². The molecule has 1 amide bonds. The van der Waals surface area contributed by atoms with Crippen molar-refractivity contribution in [3.8, 4) is 11.5 Å². The summed E-state index contributed by atoms with van der Waals surface area (Å²) in [4.78, 5) is 28.6. The summed E-state index contributed by atoms with van der Waals surface area (Å²) in [6, 6.07) is 21.9. The fourth-order valence-electron chi connectivity index (χ4n) is 4.68. The van der Waals surface area contributed by atoms with Gasteiger partial charge in [-0.25, -0.2) is 0 Å². The average Bonchev–Trinajstić information content (AvgIpc) is 3.61. The van der Waals surface area contributed by atoms with Crippen LogP contribution in [-0.2, 0) is 15.3 Å². The summed E-state index contributed by atoms with van der Waals surface area (Å²) in [5.74, 6) is -0.108. The third-order valence-corrected chi connectivity index (χ3v) is 8.96. The molecule has 1 N–H and O–H groups in total. The molecule has 1 atom stereocenters. The Kier molecular flexibility index (Phi) is 10.1. The van der Waals surface area contributed by atoms with Gasteiger partial charge in [0.05, 0.1) is 24.8 Å². The predicted octanol–water partition coefficient (Wildman–Crippen LogP) is 7.51. The molecule has 0 saturated heterocycles. The zero-order chi connectivity index (χ0) is 31.1. The van der Waals surface area contributed by atoms with E-state index in [-0.39, 0.29) is 10.7 Å². The van der Waals surface area contributed by atoms with Crippen molar-refractivity contribution in [2.45, 2.75) is 43.3 Å². The number of aryl methyl sites for hydroxylation is 1. The first kappa shape index (κ1) is 31.0. The molecule has 1 aromatic heterocycles. The molecule has 8 nitrogen and oxygen atoms in total. The maximum Gasteiger partial charge on any atom is 0.296 e. The van der Waals surface area contributed by atoms with Crippen LogP contribution < -0.4 is 14.4 Å². The number of nitrogens with zero attached hydrogens (tertiary/aromatic N) is 3. The van der Waals surface area contributed by atoms with E-state index in [0.29, 0.717) is 40.4 Å². The Labute approximate surface area is 265 Å². The minimum Gasteiger partial charge on any atom is -0.503 e. The van der Waals surface area contributed by atoms with Crippen molar-refractivity contribution in [2.24, 2.45) is 0 Å². The smallest absolute Gasteiger partial charge is 0.296 e. The molecule has 226 valence electrons. The van der Waals surface area contributed by atoms with Crippen LogP contribution in [0.1, 0.15) is 48.6 Å². The van der Waals surface area contributed by atoms with Crippen LogP contribution in [0.2, 0.25) is 0 Å². The van der Waals surface area contributed by atoms with Crippen molar-refractivity contribution >= 4 is 46.0 Å². The quantitative estimate of drug-likeness (QED) is 0.0923. The third-order valence-electron chi connectivity index (χ3n) is 6.83. The first-order valence-corrected chi connectivity index (χ1v) is 16.1. The van der Waals surface area contributed by atoms with Gasteiger partial charge in [-0.15, -0.1) is 10.2 Å². The van der Waals surface area contributed by atoms with Crippen LogP contribution in [0.5, 0.6) is 11.5 Å². The van der Waals surface area contributed by atoms with Gasteiger partial charge < -0.3 is 14.6 Å². The van der Waals surface area contributed by atoms with E-state index in [2.05, 4.69) is 34.5 Å². The topological polar surface area (TPSA) is 102 Å². The van der Waals surface area contributed by atoms with E-state index in [1.165, 1.54) is 39.6 Å². The van der Waals surface area contributed by atoms with E-state index in [1.54, 1.807) is 24.3 Å². The second-order valence-electron chi connectivity index (χ2n) is 10.1. The van der Waals surface area contributed by atoms with Gasteiger partial charge in [0, 0.05) is 5.75 Å². The van der Waals surface area contributed by atoms with Crippen molar-refractivity contribution in [2.75, 3.05) is 18.1 Å². The van der Waals surface area contributed by atoms with Crippen LogP contribution in [0.25, 0.3) is 6.08 Å². The number of amides is 1. The molecule has 0 fully saturated rings. The highest BCUT2D eigenvalue weighted by atomic mass is 32.2. The lowest BCUT2D eigenvalue weighted by molar-refractivity contribution is -0.117. The number of anilines is 1. The number of aliphatic hydroxyl groups is 1. The highest BCUT2D eigenvalue weighted by molar-refractivity contribution is 8.00. The first-order valence-electron chi connectivity index (χ1n) is 14.3. The standard InChI is InChI=1S/C34H33N3O5S2/c1-4-19-42-27-18-16-25(20-28(27)41-5-2)30-29(26(38)17-15-23-9-7-6-8-10-23)31(39)32(40)37(30)33-35-36-34(44-33)43-21-24-13-11-22(3)12-14-24/h6-18,20,30,39H,4-5,19,21H2,1-3H3/b17-15+. The zero-order valence-corrected chi connectivity index (χ0v) is 26.4. The molecule has 2 heterocycles. The van der Waals surface area contributed by atoms with Gasteiger partial charge in [0.1, 0.15) is 0 Å². The molecule has 0 aliphatic carbocycles. The summed E-state index contributed by atoms with van der Waals surface area (Å²) in [5.41, 5.74) is 3.66. The molecule has 0 bridgehead atoms. The molecule has 44 heavy (non-hydrogen) atoms. The van der Waals surface area contributed by atoms with Crippen molar-refractivity contribution < 1.29 is 24.2 Å². The number of aliphatic hydroxyl groups excluding tert-OH is 1. The minimum absolute atomic E-state index is 0.0454. The van der Waals surface area contributed by atoms with E-state index in [1.807, 2.05) is 51.1 Å². The minimum atomic E-state index is -0.960. The van der Waals surface area contributed by atoms with Gasteiger partial charge in [-0.3, -0.25) is 14.5 Å². The molecule has 1 aliphatic rings. The number of hydrogen-bond donors (Lipinski definition) is 1. The first-order chi connectivity index (χ1) is 21.4. The average molecular weight is 628 g/mol. The SMILES string of the molecule is CCCOc1ccc(C2C(C(=O)/C=C/c3ccccc3)=C(O)C(=O)N2c2nnc(SCc3ccc(C)cc3)s2)cc1OCC. The van der Waals surface area contributed by atoms with Crippen LogP contribution in [0.3, 0.4) is 0 Å². The molecule has 10 heteroatoms. The predicted molar refractivity (Wildman–Crippen MR) is 174 cm³/mol. The number of rotatable bonds is 13. The van der Waals surface area contributed by atoms with Gasteiger partial charge in [0.2, 0.25) is 5.13 Å². The molecule has 5 rings (SSSR count). The summed E-state index contributed by atoms with van der Waals surface area (Å²) >= 11 is 2.74. The van der Waals surface area contributed by atoms with Crippen molar-refractivity contribution in [1.29, 1.82) is 0 Å². The lowest BCUT2D eigenvalue weighted by Crippen LogP contribution is -2.31. The molecule has 1 unspecified atom stereocenters. The number of carbonyl (C=O) groups is 2. The van der Waals surface area contributed by atoms with Gasteiger partial charge in [0.15, 0.2) is 27.4 Å². The molecule has 3 aromatic carbocycles. The fraction of sp³-hybridized carbons (Fsp3) is 0.235. The number of allylic oxidation sites excluding steroid dienone is 1. The molecule has 0 spiro atoms. The second kappa shape index (κ2) is 14.4. The lowest BCUT2D eigenvalue weighted by Gasteiger charge is -2.24. The van der Waals surface area contributed by atoms with Crippen LogP contribution in [-0.4, -0.2) is 40.2 Å². The molecular formula is C34H33N3O5S2. The van der Waals surface area contributed by atoms with Gasteiger partial charge in [0.25, 0.3) is 5.91 Å². The summed E-state index contributed by atoms with van der Waals surface area (Å²) in [5, 5.41) is 20.1. The summed E-state index contributed by atoms with van der Waals surface area (Å²) in [6.07, 6.45) is 3.85. The number of benzene rings is 3. The third kappa shape index (κ3) is 7.03. The molecular weight excluding hydrogens is 595 g/mol. The summed E-state index contributed by atoms with van der Waals surface area (Å²) in [6.45, 7) is 6.83. The van der Waals surface area contributed by atoms with E-state index in [4.69, 9.17) is 9.47 Å². The van der Waals surface area contributed by atoms with E-state index in [0.717, 1.165) is 17.5 Å². The zero-order valence-electron chi connectivity index (χ0n) is 24.7. The molecule has 0 saturated carbocycles. The van der Waals surface area contributed by atoms with Gasteiger partial charge in [-0.1, -0.05) is 102 Å². The second-order valence-corrected chi connectivity index (χ2v) is 12.2. The summed E-state index contributed by atoms with van der Waals surface area (Å²) in [7, 11) is 0. The largest absolute Gasteiger partial charge is 0.503 e.